The van der Waals surface area contributed by atoms with Crippen molar-refractivity contribution in [2.75, 3.05) is 6.54 Å². The number of benzene rings is 1. The molecule has 1 fully saturated rings. The molecule has 0 spiro atoms. The number of carbonyl (C=O) groups excluding carboxylic acids is 1. The Bertz CT molecular complexity index is 576. The summed E-state index contributed by atoms with van der Waals surface area (Å²) in [5, 5.41) is 1.96. The van der Waals surface area contributed by atoms with Gasteiger partial charge in [-0.05, 0) is 36.8 Å². The molecule has 1 aliphatic heterocycles. The number of aryl methyl sites for hydroxylation is 1. The molecule has 1 aliphatic rings. The lowest BCUT2D eigenvalue weighted by molar-refractivity contribution is 0.0740. The number of likely N-dealkylation sites (tertiary alicyclic amines) is 1. The van der Waals surface area contributed by atoms with Crippen LogP contribution in [0.5, 0.6) is 0 Å². The Morgan fingerprint density at radius 1 is 1.32 bits per heavy atom. The van der Waals surface area contributed by atoms with Gasteiger partial charge in [0.05, 0.1) is 10.9 Å². The zero-order valence-electron chi connectivity index (χ0n) is 11.0. The lowest BCUT2D eigenvalue weighted by atomic mass is 10.0. The molecule has 0 unspecified atom stereocenters. The number of hydrogen-bond donors (Lipinski definition) is 0. The van der Waals surface area contributed by atoms with Gasteiger partial charge in [-0.25, -0.2) is 0 Å². The molecule has 0 bridgehead atoms. The molecule has 0 N–H and O–H groups in total. The highest BCUT2D eigenvalue weighted by Crippen LogP contribution is 2.33. The van der Waals surface area contributed by atoms with Gasteiger partial charge in [0, 0.05) is 6.54 Å². The molecule has 3 heteroatoms. The summed E-state index contributed by atoms with van der Waals surface area (Å²) < 4.78 is 0. The van der Waals surface area contributed by atoms with Crippen molar-refractivity contribution < 1.29 is 4.79 Å². The molecule has 2 heterocycles. The van der Waals surface area contributed by atoms with Crippen LogP contribution >= 0.6 is 11.3 Å². The topological polar surface area (TPSA) is 20.3 Å². The summed E-state index contributed by atoms with van der Waals surface area (Å²) in [7, 11) is 0. The summed E-state index contributed by atoms with van der Waals surface area (Å²) in [6.07, 6.45) is 2.16. The lowest BCUT2D eigenvalue weighted by Gasteiger charge is -2.24. The molecule has 2 aromatic rings. The third-order valence-electron chi connectivity index (χ3n) is 3.67. The minimum absolute atomic E-state index is 0.180. The molecule has 2 nitrogen and oxygen atoms in total. The fraction of sp³-hybridized carbons (Fsp3) is 0.312. The predicted octanol–water partition coefficient (Wildman–Crippen LogP) is 4.03. The number of rotatable bonds is 2. The first-order chi connectivity index (χ1) is 9.25. The van der Waals surface area contributed by atoms with Gasteiger partial charge in [-0.3, -0.25) is 4.79 Å². The molecule has 1 atom stereocenters. The Hall–Kier alpha value is -1.61. The van der Waals surface area contributed by atoms with Crippen molar-refractivity contribution >= 4 is 17.2 Å². The first-order valence-electron chi connectivity index (χ1n) is 6.67. The van der Waals surface area contributed by atoms with Crippen LogP contribution in [0.4, 0.5) is 0 Å². The largest absolute Gasteiger partial charge is 0.331 e. The summed E-state index contributed by atoms with van der Waals surface area (Å²) in [5.41, 5.74) is 2.52. The maximum atomic E-state index is 12.5. The van der Waals surface area contributed by atoms with E-state index in [-0.39, 0.29) is 11.9 Å². The molecular formula is C16H17NOS. The highest BCUT2D eigenvalue weighted by Gasteiger charge is 2.30. The number of nitrogens with zero attached hydrogens (tertiary/aromatic N) is 1. The third kappa shape index (κ3) is 2.43. The maximum absolute atomic E-state index is 12.5. The molecule has 1 aromatic heterocycles. The van der Waals surface area contributed by atoms with E-state index < -0.39 is 0 Å². The highest BCUT2D eigenvalue weighted by atomic mass is 32.1. The Balaban J connectivity index is 1.88. The minimum atomic E-state index is 0.180. The normalized spacial score (nSPS) is 18.8. The number of carbonyl (C=O) groups is 1. The molecule has 1 amide bonds. The fourth-order valence-electron chi connectivity index (χ4n) is 2.78. The van der Waals surface area contributed by atoms with Crippen LogP contribution in [0.25, 0.3) is 0 Å². The minimum Gasteiger partial charge on any atom is -0.331 e. The Kier molecular flexibility index (Phi) is 3.38. The van der Waals surface area contributed by atoms with Gasteiger partial charge in [-0.15, -0.1) is 11.3 Å². The van der Waals surface area contributed by atoms with Gasteiger partial charge in [-0.2, -0.15) is 0 Å². The van der Waals surface area contributed by atoms with E-state index in [0.717, 1.165) is 24.3 Å². The van der Waals surface area contributed by atoms with Crippen LogP contribution in [0.15, 0.2) is 41.8 Å². The van der Waals surface area contributed by atoms with E-state index in [1.807, 2.05) is 22.4 Å². The standard InChI is InChI=1S/C16H17NOS/c1-12-5-2-6-13(11-12)14-7-3-9-17(14)16(18)15-8-4-10-19-15/h2,4-6,8,10-11,14H,3,7,9H2,1H3/t14-/m0/s1. The second-order valence-corrected chi connectivity index (χ2v) is 6.00. The van der Waals surface area contributed by atoms with Crippen LogP contribution in [0.3, 0.4) is 0 Å². The summed E-state index contributed by atoms with van der Waals surface area (Å²) in [4.78, 5) is 15.4. The second kappa shape index (κ2) is 5.17. The fourth-order valence-corrected chi connectivity index (χ4v) is 3.45. The first-order valence-corrected chi connectivity index (χ1v) is 7.55. The first kappa shape index (κ1) is 12.4. The van der Waals surface area contributed by atoms with Crippen molar-refractivity contribution in [1.82, 2.24) is 4.90 Å². The van der Waals surface area contributed by atoms with E-state index in [2.05, 4.69) is 31.2 Å². The third-order valence-corrected chi connectivity index (χ3v) is 4.53. The van der Waals surface area contributed by atoms with Gasteiger partial charge in [0.2, 0.25) is 0 Å². The average Bonchev–Trinajstić information content (AvgIpc) is 3.09. The molecule has 0 aliphatic carbocycles. The Morgan fingerprint density at radius 2 is 2.21 bits per heavy atom. The average molecular weight is 271 g/mol. The zero-order valence-corrected chi connectivity index (χ0v) is 11.8. The maximum Gasteiger partial charge on any atom is 0.264 e. The van der Waals surface area contributed by atoms with Gasteiger partial charge in [0.25, 0.3) is 5.91 Å². The van der Waals surface area contributed by atoms with Gasteiger partial charge in [0.1, 0.15) is 0 Å². The van der Waals surface area contributed by atoms with E-state index in [1.54, 1.807) is 0 Å². The molecular weight excluding hydrogens is 254 g/mol. The quantitative estimate of drug-likeness (QED) is 0.807. The van der Waals surface area contributed by atoms with Crippen molar-refractivity contribution in [3.05, 3.63) is 57.8 Å². The summed E-state index contributed by atoms with van der Waals surface area (Å²) >= 11 is 1.53. The van der Waals surface area contributed by atoms with E-state index >= 15 is 0 Å². The SMILES string of the molecule is Cc1cccc([C@@H]2CCCN2C(=O)c2cccs2)c1. The van der Waals surface area contributed by atoms with Crippen molar-refractivity contribution in [2.45, 2.75) is 25.8 Å². The molecule has 1 saturated heterocycles. The summed E-state index contributed by atoms with van der Waals surface area (Å²) in [5.74, 6) is 0.180. The molecule has 0 radical (unpaired) electrons. The molecule has 98 valence electrons. The number of hydrogen-bond acceptors (Lipinski definition) is 2. The van der Waals surface area contributed by atoms with Gasteiger partial charge in [-0.1, -0.05) is 35.9 Å². The molecule has 19 heavy (non-hydrogen) atoms. The van der Waals surface area contributed by atoms with Crippen molar-refractivity contribution in [3.8, 4) is 0 Å². The molecule has 3 rings (SSSR count). The monoisotopic (exact) mass is 271 g/mol. The van der Waals surface area contributed by atoms with Crippen LogP contribution in [0.2, 0.25) is 0 Å². The van der Waals surface area contributed by atoms with E-state index in [4.69, 9.17) is 0 Å². The zero-order chi connectivity index (χ0) is 13.2. The summed E-state index contributed by atoms with van der Waals surface area (Å²) in [6, 6.07) is 12.6. The van der Waals surface area contributed by atoms with E-state index in [9.17, 15) is 4.79 Å². The van der Waals surface area contributed by atoms with E-state index in [0.29, 0.717) is 0 Å². The van der Waals surface area contributed by atoms with Crippen LogP contribution < -0.4 is 0 Å². The van der Waals surface area contributed by atoms with Gasteiger partial charge in [0.15, 0.2) is 0 Å². The number of thiophene rings is 1. The van der Waals surface area contributed by atoms with Crippen molar-refractivity contribution in [2.24, 2.45) is 0 Å². The van der Waals surface area contributed by atoms with E-state index in [1.165, 1.54) is 22.5 Å². The van der Waals surface area contributed by atoms with Crippen LogP contribution in [0.1, 0.15) is 39.7 Å². The van der Waals surface area contributed by atoms with Crippen molar-refractivity contribution in [1.29, 1.82) is 0 Å². The van der Waals surface area contributed by atoms with Crippen LogP contribution in [-0.4, -0.2) is 17.4 Å². The predicted molar refractivity (Wildman–Crippen MR) is 78.5 cm³/mol. The van der Waals surface area contributed by atoms with Crippen LogP contribution in [-0.2, 0) is 0 Å². The van der Waals surface area contributed by atoms with Crippen molar-refractivity contribution in [3.63, 3.8) is 0 Å². The smallest absolute Gasteiger partial charge is 0.264 e. The highest BCUT2D eigenvalue weighted by molar-refractivity contribution is 7.12. The molecule has 1 aromatic carbocycles. The van der Waals surface area contributed by atoms with Gasteiger partial charge >= 0.3 is 0 Å². The Labute approximate surface area is 117 Å². The number of amides is 1. The summed E-state index contributed by atoms with van der Waals surface area (Å²) in [6.45, 7) is 2.97. The molecule has 0 saturated carbocycles. The lowest BCUT2D eigenvalue weighted by Crippen LogP contribution is -2.29. The second-order valence-electron chi connectivity index (χ2n) is 5.05. The van der Waals surface area contributed by atoms with Gasteiger partial charge < -0.3 is 4.90 Å². The van der Waals surface area contributed by atoms with Crippen LogP contribution in [0, 0.1) is 6.92 Å². The Morgan fingerprint density at radius 3 is 2.95 bits per heavy atom.